The molecule has 1 spiro atoms. The summed E-state index contributed by atoms with van der Waals surface area (Å²) in [5, 5.41) is 0. The molecule has 0 bridgehead atoms. The van der Waals surface area contributed by atoms with Gasteiger partial charge in [-0.2, -0.15) is 0 Å². The van der Waals surface area contributed by atoms with E-state index in [-0.39, 0.29) is 30.7 Å². The molecule has 0 radical (unpaired) electrons. The molecule has 1 aromatic rings. The van der Waals surface area contributed by atoms with Crippen molar-refractivity contribution in [3.8, 4) is 0 Å². The second kappa shape index (κ2) is 6.99. The SMILES string of the molecule is C=CC(=O)N(Cc1cc(F)ccc1F)CC1COC2(CCCC2)O1. The normalized spacial score (nSPS) is 22.0. The van der Waals surface area contributed by atoms with E-state index in [1.165, 1.54) is 11.0 Å². The van der Waals surface area contributed by atoms with Crippen molar-refractivity contribution in [2.75, 3.05) is 13.2 Å². The molecule has 1 aromatic carbocycles. The van der Waals surface area contributed by atoms with Crippen molar-refractivity contribution >= 4 is 5.91 Å². The fourth-order valence-corrected chi connectivity index (χ4v) is 3.36. The molecule has 4 nitrogen and oxygen atoms in total. The summed E-state index contributed by atoms with van der Waals surface area (Å²) in [5.74, 6) is -1.95. The van der Waals surface area contributed by atoms with Crippen LogP contribution in [-0.4, -0.2) is 35.8 Å². The molecule has 6 heteroatoms. The van der Waals surface area contributed by atoms with Crippen LogP contribution in [-0.2, 0) is 20.8 Å². The fraction of sp³-hybridized carbons (Fsp3) is 0.500. The van der Waals surface area contributed by atoms with Crippen LogP contribution in [0.25, 0.3) is 0 Å². The quantitative estimate of drug-likeness (QED) is 0.775. The summed E-state index contributed by atoms with van der Waals surface area (Å²) in [6.07, 6.45) is 4.74. The van der Waals surface area contributed by atoms with Gasteiger partial charge in [0, 0.05) is 31.5 Å². The summed E-state index contributed by atoms with van der Waals surface area (Å²) >= 11 is 0. The molecule has 2 aliphatic rings. The second-order valence-corrected chi connectivity index (χ2v) is 6.33. The first-order valence-corrected chi connectivity index (χ1v) is 8.18. The first kappa shape index (κ1) is 17.0. The van der Waals surface area contributed by atoms with Gasteiger partial charge in [-0.15, -0.1) is 0 Å². The number of ether oxygens (including phenoxy) is 2. The summed E-state index contributed by atoms with van der Waals surface area (Å²) in [5.41, 5.74) is 0.125. The highest BCUT2D eigenvalue weighted by Gasteiger charge is 2.44. The smallest absolute Gasteiger partial charge is 0.246 e. The van der Waals surface area contributed by atoms with E-state index in [1.54, 1.807) is 0 Å². The Morgan fingerprint density at radius 3 is 2.83 bits per heavy atom. The molecule has 130 valence electrons. The Labute approximate surface area is 140 Å². The first-order valence-electron chi connectivity index (χ1n) is 8.18. The number of carbonyl (C=O) groups excluding carboxylic acids is 1. The van der Waals surface area contributed by atoms with E-state index >= 15 is 0 Å². The van der Waals surface area contributed by atoms with Gasteiger partial charge in [-0.3, -0.25) is 4.79 Å². The molecule has 0 N–H and O–H groups in total. The predicted molar refractivity (Wildman–Crippen MR) is 84.0 cm³/mol. The van der Waals surface area contributed by atoms with Crippen molar-refractivity contribution in [3.63, 3.8) is 0 Å². The van der Waals surface area contributed by atoms with Crippen LogP contribution in [0.5, 0.6) is 0 Å². The number of amides is 1. The Bertz CT molecular complexity index is 629. The monoisotopic (exact) mass is 337 g/mol. The summed E-state index contributed by atoms with van der Waals surface area (Å²) in [6, 6.07) is 3.21. The number of hydrogen-bond donors (Lipinski definition) is 0. The van der Waals surface area contributed by atoms with E-state index in [2.05, 4.69) is 6.58 Å². The molecule has 3 rings (SSSR count). The predicted octanol–water partition coefficient (Wildman–Crippen LogP) is 3.17. The molecule has 1 saturated carbocycles. The van der Waals surface area contributed by atoms with Gasteiger partial charge in [0.05, 0.1) is 6.61 Å². The lowest BCUT2D eigenvalue weighted by molar-refractivity contribution is -0.164. The van der Waals surface area contributed by atoms with Crippen molar-refractivity contribution in [2.24, 2.45) is 0 Å². The van der Waals surface area contributed by atoms with Crippen LogP contribution in [0.15, 0.2) is 30.9 Å². The van der Waals surface area contributed by atoms with Crippen molar-refractivity contribution in [2.45, 2.75) is 44.1 Å². The third-order valence-corrected chi connectivity index (χ3v) is 4.56. The maximum absolute atomic E-state index is 13.9. The van der Waals surface area contributed by atoms with Crippen LogP contribution in [0.1, 0.15) is 31.2 Å². The van der Waals surface area contributed by atoms with Crippen molar-refractivity contribution in [1.82, 2.24) is 4.90 Å². The average molecular weight is 337 g/mol. The Balaban J connectivity index is 1.69. The van der Waals surface area contributed by atoms with Crippen molar-refractivity contribution in [3.05, 3.63) is 48.1 Å². The molecule has 2 fully saturated rings. The highest BCUT2D eigenvalue weighted by atomic mass is 19.1. The van der Waals surface area contributed by atoms with Crippen LogP contribution in [0.4, 0.5) is 8.78 Å². The lowest BCUT2D eigenvalue weighted by Crippen LogP contribution is -2.38. The fourth-order valence-electron chi connectivity index (χ4n) is 3.36. The Morgan fingerprint density at radius 1 is 1.38 bits per heavy atom. The zero-order chi connectivity index (χ0) is 17.2. The van der Waals surface area contributed by atoms with Crippen molar-refractivity contribution in [1.29, 1.82) is 0 Å². The van der Waals surface area contributed by atoms with E-state index in [9.17, 15) is 13.6 Å². The highest BCUT2D eigenvalue weighted by molar-refractivity contribution is 5.87. The standard InChI is InChI=1S/C18H21F2NO3/c1-2-17(22)21(10-13-9-14(19)5-6-16(13)20)11-15-12-23-18(24-15)7-3-4-8-18/h2,5-6,9,15H,1,3-4,7-8,10-12H2. The molecule has 1 aliphatic heterocycles. The molecule has 24 heavy (non-hydrogen) atoms. The number of halogens is 2. The van der Waals surface area contributed by atoms with Gasteiger partial charge in [0.25, 0.3) is 0 Å². The molecule has 1 atom stereocenters. The summed E-state index contributed by atoms with van der Waals surface area (Å²) in [6.45, 7) is 4.09. The van der Waals surface area contributed by atoms with Gasteiger partial charge in [0.2, 0.25) is 5.91 Å². The summed E-state index contributed by atoms with van der Waals surface area (Å²) in [7, 11) is 0. The summed E-state index contributed by atoms with van der Waals surface area (Å²) < 4.78 is 39.0. The maximum atomic E-state index is 13.9. The van der Waals surface area contributed by atoms with E-state index in [0.29, 0.717) is 6.61 Å². The largest absolute Gasteiger partial charge is 0.347 e. The zero-order valence-electron chi connectivity index (χ0n) is 13.5. The van der Waals surface area contributed by atoms with Gasteiger partial charge >= 0.3 is 0 Å². The van der Waals surface area contributed by atoms with Gasteiger partial charge in [-0.1, -0.05) is 6.58 Å². The number of hydrogen-bond acceptors (Lipinski definition) is 3. The molecule has 0 aromatic heterocycles. The molecule has 1 amide bonds. The van der Waals surface area contributed by atoms with Gasteiger partial charge < -0.3 is 14.4 Å². The minimum absolute atomic E-state index is 0.0404. The minimum atomic E-state index is -0.547. The van der Waals surface area contributed by atoms with E-state index in [4.69, 9.17) is 9.47 Å². The molecule has 1 saturated heterocycles. The maximum Gasteiger partial charge on any atom is 0.246 e. The van der Waals surface area contributed by atoms with Crippen LogP contribution < -0.4 is 0 Å². The number of carbonyl (C=O) groups is 1. The topological polar surface area (TPSA) is 38.8 Å². The van der Waals surface area contributed by atoms with E-state index < -0.39 is 17.4 Å². The van der Waals surface area contributed by atoms with Gasteiger partial charge in [-0.05, 0) is 37.1 Å². The van der Waals surface area contributed by atoms with E-state index in [0.717, 1.165) is 43.9 Å². The minimum Gasteiger partial charge on any atom is -0.347 e. The Kier molecular flexibility index (Phi) is 4.96. The van der Waals surface area contributed by atoms with Crippen LogP contribution in [0.2, 0.25) is 0 Å². The molecule has 1 unspecified atom stereocenters. The average Bonchev–Trinajstić information content (AvgIpc) is 3.19. The van der Waals surface area contributed by atoms with Crippen LogP contribution in [0, 0.1) is 11.6 Å². The summed E-state index contributed by atoms with van der Waals surface area (Å²) in [4.78, 5) is 13.5. The van der Waals surface area contributed by atoms with Crippen molar-refractivity contribution < 1.29 is 23.0 Å². The van der Waals surface area contributed by atoms with Gasteiger partial charge in [0.1, 0.15) is 17.7 Å². The van der Waals surface area contributed by atoms with E-state index in [1.807, 2.05) is 0 Å². The van der Waals surface area contributed by atoms with Gasteiger partial charge in [-0.25, -0.2) is 8.78 Å². The van der Waals surface area contributed by atoms with Crippen LogP contribution in [0.3, 0.4) is 0 Å². The third kappa shape index (κ3) is 3.65. The lowest BCUT2D eigenvalue weighted by Gasteiger charge is -2.26. The Morgan fingerprint density at radius 2 is 2.12 bits per heavy atom. The number of rotatable bonds is 5. The van der Waals surface area contributed by atoms with Crippen LogP contribution >= 0.6 is 0 Å². The number of benzene rings is 1. The molecular formula is C18H21F2NO3. The second-order valence-electron chi connectivity index (χ2n) is 6.33. The third-order valence-electron chi connectivity index (χ3n) is 4.56. The zero-order valence-corrected chi connectivity index (χ0v) is 13.5. The molecule has 1 aliphatic carbocycles. The lowest BCUT2D eigenvalue weighted by atomic mass is 10.1. The molecular weight excluding hydrogens is 316 g/mol. The number of nitrogens with zero attached hydrogens (tertiary/aromatic N) is 1. The highest BCUT2D eigenvalue weighted by Crippen LogP contribution is 2.39. The Hall–Kier alpha value is -1.79. The molecule has 1 heterocycles. The van der Waals surface area contributed by atoms with Gasteiger partial charge in [0.15, 0.2) is 5.79 Å². The first-order chi connectivity index (χ1) is 11.5.